The summed E-state index contributed by atoms with van der Waals surface area (Å²) in [6.07, 6.45) is -3.83. The number of nitrogens with zero attached hydrogens (tertiary/aromatic N) is 1. The lowest BCUT2D eigenvalue weighted by Crippen LogP contribution is -2.53. The number of hydrogen-bond acceptors (Lipinski definition) is 2. The van der Waals surface area contributed by atoms with Gasteiger partial charge in [-0.3, -0.25) is 4.79 Å². The molecule has 2 aliphatic heterocycles. The lowest BCUT2D eigenvalue weighted by Gasteiger charge is -2.32. The normalized spacial score (nSPS) is 22.5. The third-order valence-electron chi connectivity index (χ3n) is 3.46. The fourth-order valence-electron chi connectivity index (χ4n) is 2.70. The van der Waals surface area contributed by atoms with Gasteiger partial charge in [-0.15, -0.1) is 0 Å². The van der Waals surface area contributed by atoms with Crippen LogP contribution in [-0.4, -0.2) is 25.0 Å². The van der Waals surface area contributed by atoms with Gasteiger partial charge in [-0.2, -0.15) is 13.2 Å². The Labute approximate surface area is 102 Å². The van der Waals surface area contributed by atoms with Gasteiger partial charge in [0.05, 0.1) is 23.8 Å². The Kier molecular flexibility index (Phi) is 2.30. The predicted molar refractivity (Wildman–Crippen MR) is 59.3 cm³/mol. The van der Waals surface area contributed by atoms with E-state index < -0.39 is 11.7 Å². The number of carbonyl (C=O) groups excluding carboxylic acids is 1. The molecule has 1 saturated heterocycles. The first-order valence-electron chi connectivity index (χ1n) is 5.69. The van der Waals surface area contributed by atoms with Crippen LogP contribution in [0.4, 0.5) is 18.9 Å². The highest BCUT2D eigenvalue weighted by molar-refractivity contribution is 5.85. The van der Waals surface area contributed by atoms with Crippen LogP contribution in [0.5, 0.6) is 0 Å². The van der Waals surface area contributed by atoms with E-state index in [1.807, 2.05) is 0 Å². The minimum atomic E-state index is -4.38. The number of carbonyl (C=O) groups is 1. The van der Waals surface area contributed by atoms with Crippen LogP contribution >= 0.6 is 0 Å². The summed E-state index contributed by atoms with van der Waals surface area (Å²) in [6.45, 7) is 0.412. The smallest absolute Gasteiger partial charge is 0.356 e. The van der Waals surface area contributed by atoms with Crippen molar-refractivity contribution in [3.63, 3.8) is 0 Å². The van der Waals surface area contributed by atoms with Crippen LogP contribution in [0, 0.1) is 0 Å². The molecule has 0 radical (unpaired) electrons. The van der Waals surface area contributed by atoms with E-state index >= 15 is 0 Å². The Balaban J connectivity index is 2.09. The van der Waals surface area contributed by atoms with Gasteiger partial charge in [0.15, 0.2) is 0 Å². The van der Waals surface area contributed by atoms with E-state index in [0.29, 0.717) is 18.5 Å². The quantitative estimate of drug-likeness (QED) is 0.764. The Hall–Kier alpha value is -1.72. The molecule has 1 amide bonds. The van der Waals surface area contributed by atoms with Gasteiger partial charge < -0.3 is 10.2 Å². The van der Waals surface area contributed by atoms with E-state index in [9.17, 15) is 18.0 Å². The molecule has 1 N–H and O–H groups in total. The van der Waals surface area contributed by atoms with Gasteiger partial charge in [-0.05, 0) is 18.1 Å². The predicted octanol–water partition coefficient (Wildman–Crippen LogP) is 1.57. The molecule has 2 heterocycles. The first kappa shape index (κ1) is 11.4. The van der Waals surface area contributed by atoms with E-state index in [2.05, 4.69) is 5.32 Å². The topological polar surface area (TPSA) is 32.3 Å². The standard InChI is InChI=1S/C12H11F3N2O/c13-12(14,15)9-3-1-2-7-4-8-5-16-10(18)6-17(8)11(7)9/h1-3,8H,4-6H2,(H,16,18). The summed E-state index contributed by atoms with van der Waals surface area (Å²) in [7, 11) is 0. The number of hydrogen-bond donors (Lipinski definition) is 1. The zero-order valence-corrected chi connectivity index (χ0v) is 9.42. The maximum atomic E-state index is 13.0. The average Bonchev–Trinajstić information content (AvgIpc) is 2.65. The second-order valence-corrected chi connectivity index (χ2v) is 4.60. The van der Waals surface area contributed by atoms with Crippen molar-refractivity contribution in [2.45, 2.75) is 18.6 Å². The number of nitrogens with one attached hydrogen (secondary N) is 1. The second kappa shape index (κ2) is 3.63. The lowest BCUT2D eigenvalue weighted by molar-refractivity contribution is -0.137. The number of benzene rings is 1. The van der Waals surface area contributed by atoms with Crippen LogP contribution in [-0.2, 0) is 17.4 Å². The molecule has 1 atom stereocenters. The fraction of sp³-hybridized carbons (Fsp3) is 0.417. The third-order valence-corrected chi connectivity index (χ3v) is 3.46. The molecule has 96 valence electrons. The monoisotopic (exact) mass is 256 g/mol. The summed E-state index contributed by atoms with van der Waals surface area (Å²) in [6, 6.07) is 4.15. The first-order valence-corrected chi connectivity index (χ1v) is 5.69. The zero-order valence-electron chi connectivity index (χ0n) is 9.42. The fourth-order valence-corrected chi connectivity index (χ4v) is 2.70. The summed E-state index contributed by atoms with van der Waals surface area (Å²) >= 11 is 0. The number of rotatable bonds is 0. The summed E-state index contributed by atoms with van der Waals surface area (Å²) < 4.78 is 38.9. The van der Waals surface area contributed by atoms with Crippen LogP contribution in [0.15, 0.2) is 18.2 Å². The number of fused-ring (bicyclic) bond motifs is 3. The van der Waals surface area contributed by atoms with Gasteiger partial charge >= 0.3 is 6.18 Å². The van der Waals surface area contributed by atoms with Crippen molar-refractivity contribution in [2.75, 3.05) is 18.0 Å². The van der Waals surface area contributed by atoms with E-state index in [1.165, 1.54) is 6.07 Å². The number of halogens is 3. The van der Waals surface area contributed by atoms with Crippen molar-refractivity contribution in [1.29, 1.82) is 0 Å². The molecule has 1 fully saturated rings. The van der Waals surface area contributed by atoms with E-state index in [-0.39, 0.29) is 24.2 Å². The summed E-state index contributed by atoms with van der Waals surface area (Å²) in [5.41, 5.74) is 0.216. The van der Waals surface area contributed by atoms with Crippen molar-refractivity contribution >= 4 is 11.6 Å². The Morgan fingerprint density at radius 2 is 2.11 bits per heavy atom. The van der Waals surface area contributed by atoms with Gasteiger partial charge in [0.1, 0.15) is 0 Å². The van der Waals surface area contributed by atoms with Crippen LogP contribution < -0.4 is 10.2 Å². The molecule has 3 rings (SSSR count). The van der Waals surface area contributed by atoms with E-state index in [0.717, 1.165) is 6.07 Å². The lowest BCUT2D eigenvalue weighted by atomic mass is 10.1. The molecule has 0 bridgehead atoms. The summed E-state index contributed by atoms with van der Waals surface area (Å²) in [5.74, 6) is -0.226. The first-order chi connectivity index (χ1) is 8.47. The minimum Gasteiger partial charge on any atom is -0.356 e. The highest BCUT2D eigenvalue weighted by Gasteiger charge is 2.42. The van der Waals surface area contributed by atoms with Crippen LogP contribution in [0.2, 0.25) is 0 Å². The molecule has 18 heavy (non-hydrogen) atoms. The van der Waals surface area contributed by atoms with Gasteiger partial charge in [-0.1, -0.05) is 12.1 Å². The maximum Gasteiger partial charge on any atom is 0.418 e. The molecule has 0 saturated carbocycles. The van der Waals surface area contributed by atoms with E-state index in [4.69, 9.17) is 0 Å². The number of anilines is 1. The molecular formula is C12H11F3N2O. The summed E-state index contributed by atoms with van der Waals surface area (Å²) in [5, 5.41) is 2.68. The molecule has 1 unspecified atom stereocenters. The van der Waals surface area contributed by atoms with Crippen molar-refractivity contribution in [2.24, 2.45) is 0 Å². The second-order valence-electron chi connectivity index (χ2n) is 4.60. The van der Waals surface area contributed by atoms with Crippen LogP contribution in [0.3, 0.4) is 0 Å². The highest BCUT2D eigenvalue weighted by Crippen LogP contribution is 2.43. The third kappa shape index (κ3) is 1.63. The molecule has 6 heteroatoms. The molecule has 3 nitrogen and oxygen atoms in total. The van der Waals surface area contributed by atoms with Gasteiger partial charge in [0, 0.05) is 6.54 Å². The Morgan fingerprint density at radius 3 is 2.83 bits per heavy atom. The summed E-state index contributed by atoms with van der Waals surface area (Å²) in [4.78, 5) is 12.9. The van der Waals surface area contributed by atoms with Gasteiger partial charge in [-0.25, -0.2) is 0 Å². The number of amides is 1. The average molecular weight is 256 g/mol. The maximum absolute atomic E-state index is 13.0. The molecule has 2 aliphatic rings. The van der Waals surface area contributed by atoms with Crippen molar-refractivity contribution in [1.82, 2.24) is 5.32 Å². The Morgan fingerprint density at radius 1 is 1.33 bits per heavy atom. The minimum absolute atomic E-state index is 0.00472. The Bertz CT molecular complexity index is 513. The van der Waals surface area contributed by atoms with Crippen molar-refractivity contribution in [3.8, 4) is 0 Å². The zero-order chi connectivity index (χ0) is 12.9. The highest BCUT2D eigenvalue weighted by atomic mass is 19.4. The largest absolute Gasteiger partial charge is 0.418 e. The van der Waals surface area contributed by atoms with Gasteiger partial charge in [0.2, 0.25) is 5.91 Å². The van der Waals surface area contributed by atoms with Crippen molar-refractivity contribution < 1.29 is 18.0 Å². The SMILES string of the molecule is O=C1CN2c3c(cccc3C(F)(F)F)CC2CN1. The number of alkyl halides is 3. The van der Waals surface area contributed by atoms with Crippen LogP contribution in [0.25, 0.3) is 0 Å². The molecule has 0 aromatic heterocycles. The van der Waals surface area contributed by atoms with Gasteiger partial charge in [0.25, 0.3) is 0 Å². The number of para-hydroxylation sites is 1. The number of piperazine rings is 1. The van der Waals surface area contributed by atoms with Crippen molar-refractivity contribution in [3.05, 3.63) is 29.3 Å². The van der Waals surface area contributed by atoms with Crippen LogP contribution in [0.1, 0.15) is 11.1 Å². The molecule has 0 spiro atoms. The molecule has 0 aliphatic carbocycles. The molecule has 1 aromatic carbocycles. The molecule has 1 aromatic rings. The molecular weight excluding hydrogens is 245 g/mol. The van der Waals surface area contributed by atoms with E-state index in [1.54, 1.807) is 11.0 Å².